The predicted octanol–water partition coefficient (Wildman–Crippen LogP) is 4.20. The molecule has 1 aliphatic rings. The fourth-order valence-corrected chi connectivity index (χ4v) is 3.34. The fourth-order valence-electron chi connectivity index (χ4n) is 3.34. The van der Waals surface area contributed by atoms with Crippen LogP contribution in [0.25, 0.3) is 11.4 Å². The van der Waals surface area contributed by atoms with Gasteiger partial charge in [-0.15, -0.1) is 5.10 Å². The van der Waals surface area contributed by atoms with Crippen molar-refractivity contribution >= 4 is 11.6 Å². The Hall–Kier alpha value is -3.02. The molecule has 6 nitrogen and oxygen atoms in total. The minimum absolute atomic E-state index is 0.0157. The SMILES string of the molecule is CCCC(C(=O)Nc1cccc(-c2nnnn2C2CC2)c1)c1ccccc1. The molecular weight excluding hydrogens is 338 g/mol. The van der Waals surface area contributed by atoms with Crippen LogP contribution < -0.4 is 5.32 Å². The number of tetrazole rings is 1. The van der Waals surface area contributed by atoms with Gasteiger partial charge in [-0.3, -0.25) is 4.79 Å². The number of amides is 1. The van der Waals surface area contributed by atoms with Crippen LogP contribution >= 0.6 is 0 Å². The lowest BCUT2D eigenvalue weighted by Gasteiger charge is -2.17. The van der Waals surface area contributed by atoms with E-state index in [1.165, 1.54) is 0 Å². The van der Waals surface area contributed by atoms with Gasteiger partial charge in [0.05, 0.1) is 12.0 Å². The van der Waals surface area contributed by atoms with Crippen molar-refractivity contribution < 1.29 is 4.79 Å². The zero-order chi connectivity index (χ0) is 18.6. The maximum absolute atomic E-state index is 12.9. The first-order valence-corrected chi connectivity index (χ1v) is 9.50. The van der Waals surface area contributed by atoms with Crippen LogP contribution in [-0.2, 0) is 4.79 Å². The van der Waals surface area contributed by atoms with Crippen molar-refractivity contribution in [2.75, 3.05) is 5.32 Å². The first kappa shape index (κ1) is 17.4. The highest BCUT2D eigenvalue weighted by Crippen LogP contribution is 2.36. The molecule has 1 atom stereocenters. The molecule has 3 aromatic rings. The van der Waals surface area contributed by atoms with Gasteiger partial charge in [-0.05, 0) is 47.4 Å². The number of carbonyl (C=O) groups is 1. The predicted molar refractivity (Wildman–Crippen MR) is 104 cm³/mol. The largest absolute Gasteiger partial charge is 0.326 e. The Morgan fingerprint density at radius 3 is 2.74 bits per heavy atom. The van der Waals surface area contributed by atoms with E-state index in [9.17, 15) is 4.79 Å². The molecule has 138 valence electrons. The number of carbonyl (C=O) groups excluding carboxylic acids is 1. The summed E-state index contributed by atoms with van der Waals surface area (Å²) in [6.45, 7) is 2.10. The van der Waals surface area contributed by atoms with Gasteiger partial charge in [0.15, 0.2) is 5.82 Å². The molecule has 1 heterocycles. The van der Waals surface area contributed by atoms with Gasteiger partial charge >= 0.3 is 0 Å². The number of aromatic nitrogens is 4. The molecule has 27 heavy (non-hydrogen) atoms. The fraction of sp³-hybridized carbons (Fsp3) is 0.333. The molecule has 6 heteroatoms. The van der Waals surface area contributed by atoms with E-state index in [1.54, 1.807) is 0 Å². The van der Waals surface area contributed by atoms with Gasteiger partial charge in [0, 0.05) is 11.3 Å². The quantitative estimate of drug-likeness (QED) is 0.684. The molecule has 1 saturated carbocycles. The number of hydrogen-bond donors (Lipinski definition) is 1. The third-order valence-electron chi connectivity index (χ3n) is 4.87. The Balaban J connectivity index is 1.55. The lowest BCUT2D eigenvalue weighted by molar-refractivity contribution is -0.117. The van der Waals surface area contributed by atoms with Crippen LogP contribution in [0.15, 0.2) is 54.6 Å². The van der Waals surface area contributed by atoms with Crippen molar-refractivity contribution in [1.82, 2.24) is 20.2 Å². The Morgan fingerprint density at radius 1 is 1.19 bits per heavy atom. The summed E-state index contributed by atoms with van der Waals surface area (Å²) in [4.78, 5) is 12.9. The number of anilines is 1. The van der Waals surface area contributed by atoms with Gasteiger partial charge in [-0.25, -0.2) is 4.68 Å². The van der Waals surface area contributed by atoms with Gasteiger partial charge in [0.1, 0.15) is 0 Å². The molecule has 0 bridgehead atoms. The summed E-state index contributed by atoms with van der Waals surface area (Å²) in [7, 11) is 0. The van der Waals surface area contributed by atoms with Crippen LogP contribution in [0.3, 0.4) is 0 Å². The second kappa shape index (κ2) is 7.70. The summed E-state index contributed by atoms with van der Waals surface area (Å²) in [5.41, 5.74) is 2.72. The normalized spacial score (nSPS) is 14.7. The minimum atomic E-state index is -0.156. The lowest BCUT2D eigenvalue weighted by Crippen LogP contribution is -2.21. The van der Waals surface area contributed by atoms with Crippen molar-refractivity contribution in [3.63, 3.8) is 0 Å². The molecule has 0 radical (unpaired) electrons. The number of nitrogens with one attached hydrogen (secondary N) is 1. The minimum Gasteiger partial charge on any atom is -0.326 e. The topological polar surface area (TPSA) is 72.7 Å². The van der Waals surface area contributed by atoms with Gasteiger partial charge in [0.25, 0.3) is 0 Å². The van der Waals surface area contributed by atoms with Crippen LogP contribution in [0.1, 0.15) is 50.1 Å². The third-order valence-corrected chi connectivity index (χ3v) is 4.87. The number of benzene rings is 2. The molecule has 1 aromatic heterocycles. The average Bonchev–Trinajstić information content (AvgIpc) is 3.43. The van der Waals surface area contributed by atoms with Gasteiger partial charge < -0.3 is 5.32 Å². The van der Waals surface area contributed by atoms with Crippen LogP contribution in [-0.4, -0.2) is 26.1 Å². The summed E-state index contributed by atoms with van der Waals surface area (Å²) >= 11 is 0. The van der Waals surface area contributed by atoms with E-state index >= 15 is 0 Å². The van der Waals surface area contributed by atoms with Gasteiger partial charge in [-0.1, -0.05) is 55.8 Å². The second-order valence-corrected chi connectivity index (χ2v) is 7.00. The van der Waals surface area contributed by atoms with Gasteiger partial charge in [0.2, 0.25) is 5.91 Å². The van der Waals surface area contributed by atoms with Crippen molar-refractivity contribution in [2.24, 2.45) is 0 Å². The van der Waals surface area contributed by atoms with E-state index in [0.29, 0.717) is 6.04 Å². The van der Waals surface area contributed by atoms with E-state index in [1.807, 2.05) is 59.3 Å². The highest BCUT2D eigenvalue weighted by molar-refractivity contribution is 5.96. The molecule has 4 rings (SSSR count). The standard InChI is InChI=1S/C21H23N5O/c1-2-7-19(15-8-4-3-5-9-15)21(27)22-17-11-6-10-16(14-17)20-23-24-25-26(20)18-12-13-18/h3-6,8-11,14,18-19H,2,7,12-13H2,1H3,(H,22,27). The molecule has 0 saturated heterocycles. The van der Waals surface area contributed by atoms with E-state index in [4.69, 9.17) is 0 Å². The van der Waals surface area contributed by atoms with Crippen molar-refractivity contribution in [3.05, 3.63) is 60.2 Å². The molecule has 1 amide bonds. The zero-order valence-electron chi connectivity index (χ0n) is 15.4. The first-order chi connectivity index (χ1) is 13.3. The summed E-state index contributed by atoms with van der Waals surface area (Å²) in [6, 6.07) is 18.1. The van der Waals surface area contributed by atoms with E-state index in [-0.39, 0.29) is 11.8 Å². The third kappa shape index (κ3) is 3.89. The molecule has 0 aliphatic heterocycles. The van der Waals surface area contributed by atoms with E-state index in [0.717, 1.165) is 48.3 Å². The maximum atomic E-state index is 12.9. The highest BCUT2D eigenvalue weighted by Gasteiger charge is 2.28. The van der Waals surface area contributed by atoms with Gasteiger partial charge in [-0.2, -0.15) is 0 Å². The summed E-state index contributed by atoms with van der Waals surface area (Å²) < 4.78 is 1.88. The smallest absolute Gasteiger partial charge is 0.231 e. The molecule has 1 aliphatic carbocycles. The van der Waals surface area contributed by atoms with E-state index < -0.39 is 0 Å². The van der Waals surface area contributed by atoms with Crippen molar-refractivity contribution in [2.45, 2.75) is 44.6 Å². The Morgan fingerprint density at radius 2 is 2.00 bits per heavy atom. The number of nitrogens with zero attached hydrogens (tertiary/aromatic N) is 4. The van der Waals surface area contributed by atoms with Crippen LogP contribution in [0, 0.1) is 0 Å². The number of rotatable bonds is 7. The molecule has 2 aromatic carbocycles. The number of hydrogen-bond acceptors (Lipinski definition) is 4. The Labute approximate surface area is 158 Å². The van der Waals surface area contributed by atoms with Crippen molar-refractivity contribution in [3.8, 4) is 11.4 Å². The monoisotopic (exact) mass is 361 g/mol. The molecular formula is C21H23N5O. The summed E-state index contributed by atoms with van der Waals surface area (Å²) in [5, 5.41) is 15.2. The highest BCUT2D eigenvalue weighted by atomic mass is 16.1. The van der Waals surface area contributed by atoms with Crippen LogP contribution in [0.4, 0.5) is 5.69 Å². The van der Waals surface area contributed by atoms with E-state index in [2.05, 4.69) is 27.8 Å². The molecule has 0 spiro atoms. The lowest BCUT2D eigenvalue weighted by atomic mass is 9.93. The maximum Gasteiger partial charge on any atom is 0.231 e. The summed E-state index contributed by atoms with van der Waals surface area (Å²) in [6.07, 6.45) is 3.99. The van der Waals surface area contributed by atoms with Crippen LogP contribution in [0.2, 0.25) is 0 Å². The Bertz CT molecular complexity index is 917. The Kier molecular flexibility index (Phi) is 4.96. The second-order valence-electron chi connectivity index (χ2n) is 7.00. The zero-order valence-corrected chi connectivity index (χ0v) is 15.4. The first-order valence-electron chi connectivity index (χ1n) is 9.50. The molecule has 1 fully saturated rings. The summed E-state index contributed by atoms with van der Waals surface area (Å²) in [5.74, 6) is 0.611. The van der Waals surface area contributed by atoms with Crippen molar-refractivity contribution in [1.29, 1.82) is 0 Å². The average molecular weight is 361 g/mol. The van der Waals surface area contributed by atoms with Crippen LogP contribution in [0.5, 0.6) is 0 Å². The molecule has 1 N–H and O–H groups in total. The molecule has 1 unspecified atom stereocenters.